The Kier molecular flexibility index (Phi) is 40.5. The van der Waals surface area contributed by atoms with E-state index in [1.54, 1.807) is 0 Å². The first kappa shape index (κ1) is 62.4. The van der Waals surface area contributed by atoms with Gasteiger partial charge in [-0.3, -0.25) is 13.8 Å². The van der Waals surface area contributed by atoms with E-state index in [1.807, 2.05) is 0 Å². The highest BCUT2D eigenvalue weighted by Gasteiger charge is 2.51. The van der Waals surface area contributed by atoms with Crippen molar-refractivity contribution in [2.24, 2.45) is 0 Å². The number of rotatable bonds is 47. The summed E-state index contributed by atoms with van der Waals surface area (Å²) in [6, 6.07) is -1.02. The normalized spacial score (nSPS) is 21.9. The van der Waals surface area contributed by atoms with Gasteiger partial charge in [-0.1, -0.05) is 251 Å². The molecule has 0 heterocycles. The van der Waals surface area contributed by atoms with Gasteiger partial charge in [0.2, 0.25) is 5.91 Å². The lowest BCUT2D eigenvalue weighted by molar-refractivity contribution is -0.220. The number of phosphoric ester groups is 1. The van der Waals surface area contributed by atoms with E-state index < -0.39 is 63.2 Å². The highest BCUT2D eigenvalue weighted by atomic mass is 31.2. The Hall–Kier alpha value is -0.660. The molecule has 388 valence electrons. The fourth-order valence-electron chi connectivity index (χ4n) is 9.21. The van der Waals surface area contributed by atoms with Crippen LogP contribution in [0, 0.1) is 0 Å². The number of amides is 1. The Bertz CT molecular complexity index is 1100. The van der Waals surface area contributed by atoms with E-state index in [4.69, 9.17) is 9.05 Å². The quantitative estimate of drug-likeness (QED) is 0.0213. The average Bonchev–Trinajstić information content (AvgIpc) is 3.29. The van der Waals surface area contributed by atoms with Crippen LogP contribution >= 0.6 is 7.82 Å². The average molecular weight is 950 g/mol. The molecule has 12 nitrogen and oxygen atoms in total. The largest absolute Gasteiger partial charge is 0.472 e. The minimum Gasteiger partial charge on any atom is -0.391 e. The summed E-state index contributed by atoms with van der Waals surface area (Å²) in [5.41, 5.74) is 0. The van der Waals surface area contributed by atoms with Gasteiger partial charge in [0, 0.05) is 6.42 Å². The van der Waals surface area contributed by atoms with Crippen molar-refractivity contribution in [2.45, 2.75) is 319 Å². The van der Waals surface area contributed by atoms with Crippen molar-refractivity contribution >= 4 is 13.7 Å². The summed E-state index contributed by atoms with van der Waals surface area (Å²) < 4.78 is 23.0. The van der Waals surface area contributed by atoms with Crippen LogP contribution in [0.4, 0.5) is 0 Å². The molecule has 0 aromatic carbocycles. The maximum absolute atomic E-state index is 13.0. The van der Waals surface area contributed by atoms with Gasteiger partial charge >= 0.3 is 7.82 Å². The summed E-state index contributed by atoms with van der Waals surface area (Å²) in [5, 5.41) is 64.1. The highest BCUT2D eigenvalue weighted by molar-refractivity contribution is 7.47. The SMILES string of the molecule is CCCCCCCCCCCCCCCCCCCCCCCCCCCCCCCC(=O)N[C@@H](COP(=O)(O)OC1C(O)C(O)C(O)[C@@H](O)C1O)[C@H](O)CCCCCCCCCCC. The molecule has 0 saturated heterocycles. The molecule has 1 rings (SSSR count). The maximum Gasteiger partial charge on any atom is 0.472 e. The number of aliphatic hydroxyl groups excluding tert-OH is 6. The van der Waals surface area contributed by atoms with Crippen molar-refractivity contribution in [3.05, 3.63) is 0 Å². The maximum atomic E-state index is 13.0. The minimum atomic E-state index is -5.05. The van der Waals surface area contributed by atoms with E-state index in [0.717, 1.165) is 38.5 Å². The van der Waals surface area contributed by atoms with Crippen molar-refractivity contribution < 1.29 is 53.9 Å². The lowest BCUT2D eigenvalue weighted by atomic mass is 9.85. The van der Waals surface area contributed by atoms with Crippen LogP contribution in [-0.2, 0) is 18.4 Å². The van der Waals surface area contributed by atoms with E-state index in [-0.39, 0.29) is 12.3 Å². The molecule has 0 bridgehead atoms. The van der Waals surface area contributed by atoms with Gasteiger partial charge in [-0.15, -0.1) is 0 Å². The van der Waals surface area contributed by atoms with Gasteiger partial charge in [0.25, 0.3) is 0 Å². The molecule has 0 aromatic rings. The molecule has 0 spiro atoms. The second-order valence-corrected chi connectivity index (χ2v) is 21.2. The molecule has 6 unspecified atom stereocenters. The number of unbranched alkanes of at least 4 members (excludes halogenated alkanes) is 36. The first-order valence-corrected chi connectivity index (χ1v) is 29.0. The van der Waals surface area contributed by atoms with Gasteiger partial charge in [0.05, 0.1) is 18.8 Å². The molecule has 8 N–H and O–H groups in total. The molecule has 1 fully saturated rings. The topological polar surface area (TPSA) is 206 Å². The van der Waals surface area contributed by atoms with E-state index in [9.17, 15) is 44.9 Å². The van der Waals surface area contributed by atoms with E-state index >= 15 is 0 Å². The third-order valence-electron chi connectivity index (χ3n) is 13.7. The Labute approximate surface area is 397 Å². The number of nitrogens with one attached hydrogen (secondary N) is 1. The zero-order valence-electron chi connectivity index (χ0n) is 41.8. The predicted molar refractivity (Wildman–Crippen MR) is 265 cm³/mol. The van der Waals surface area contributed by atoms with Gasteiger partial charge in [0.15, 0.2) is 0 Å². The summed E-state index contributed by atoms with van der Waals surface area (Å²) in [6.45, 7) is 3.89. The van der Waals surface area contributed by atoms with Crippen LogP contribution in [0.2, 0.25) is 0 Å². The van der Waals surface area contributed by atoms with Crippen molar-refractivity contribution in [1.82, 2.24) is 5.32 Å². The Morgan fingerprint density at radius 2 is 0.738 bits per heavy atom. The van der Waals surface area contributed by atoms with Gasteiger partial charge in [-0.25, -0.2) is 4.57 Å². The second kappa shape index (κ2) is 42.2. The Balaban J connectivity index is 2.19. The number of hydrogen-bond acceptors (Lipinski definition) is 10. The third-order valence-corrected chi connectivity index (χ3v) is 14.7. The van der Waals surface area contributed by atoms with Gasteiger partial charge in [-0.05, 0) is 12.8 Å². The number of hydrogen-bond donors (Lipinski definition) is 8. The molecular weight excluding hydrogens is 846 g/mol. The summed E-state index contributed by atoms with van der Waals surface area (Å²) in [5.74, 6) is -0.304. The molecule has 0 aliphatic heterocycles. The van der Waals surface area contributed by atoms with Crippen molar-refractivity contribution in [2.75, 3.05) is 6.61 Å². The van der Waals surface area contributed by atoms with Gasteiger partial charge in [-0.2, -0.15) is 0 Å². The molecule has 1 aliphatic carbocycles. The van der Waals surface area contributed by atoms with Crippen LogP contribution in [0.15, 0.2) is 0 Å². The van der Waals surface area contributed by atoms with E-state index in [2.05, 4.69) is 19.2 Å². The molecule has 1 aliphatic rings. The van der Waals surface area contributed by atoms with Crippen LogP contribution in [0.3, 0.4) is 0 Å². The first-order valence-electron chi connectivity index (χ1n) is 27.5. The number of carbonyl (C=O) groups is 1. The van der Waals surface area contributed by atoms with Gasteiger partial charge < -0.3 is 40.8 Å². The third kappa shape index (κ3) is 33.5. The fourth-order valence-corrected chi connectivity index (χ4v) is 10.2. The Morgan fingerprint density at radius 3 is 1.06 bits per heavy atom. The van der Waals surface area contributed by atoms with Crippen LogP contribution in [0.5, 0.6) is 0 Å². The zero-order valence-corrected chi connectivity index (χ0v) is 42.7. The fraction of sp³-hybridized carbons (Fsp3) is 0.981. The first-order chi connectivity index (χ1) is 31.4. The van der Waals surface area contributed by atoms with Crippen LogP contribution < -0.4 is 5.32 Å². The highest BCUT2D eigenvalue weighted by Crippen LogP contribution is 2.47. The number of carbonyl (C=O) groups excluding carboxylic acids is 1. The molecule has 1 amide bonds. The molecule has 65 heavy (non-hydrogen) atoms. The summed E-state index contributed by atoms with van der Waals surface area (Å²) in [7, 11) is -5.05. The lowest BCUT2D eigenvalue weighted by Crippen LogP contribution is -2.64. The van der Waals surface area contributed by atoms with Crippen molar-refractivity contribution in [3.8, 4) is 0 Å². The van der Waals surface area contributed by atoms with Crippen LogP contribution in [0.25, 0.3) is 0 Å². The molecule has 0 aromatic heterocycles. The van der Waals surface area contributed by atoms with Gasteiger partial charge in [0.1, 0.15) is 36.6 Å². The van der Waals surface area contributed by atoms with Crippen molar-refractivity contribution in [1.29, 1.82) is 0 Å². The minimum absolute atomic E-state index is 0.243. The Morgan fingerprint density at radius 1 is 0.462 bits per heavy atom. The molecule has 1 saturated carbocycles. The molecular formula is C52H104NO11P. The number of phosphoric acid groups is 1. The monoisotopic (exact) mass is 950 g/mol. The zero-order chi connectivity index (χ0) is 47.8. The standard InChI is InChI=1S/C52H104NO11P/c1-3-5-7-9-11-13-14-15-16-17-18-19-20-21-22-23-24-25-26-27-28-29-30-31-32-34-36-38-40-42-46(55)53-44(45(54)41-39-37-35-33-12-10-8-6-4-2)43-63-65(61,62)64-52-50(59)48(57)47(56)49(58)51(52)60/h44-45,47-52,54,56-60H,3-43H2,1-2H3,(H,53,55)(H,61,62)/t44-,45+,47?,48+,49?,50?,51?,52?/m0/s1. The second-order valence-electron chi connectivity index (χ2n) is 19.8. The molecule has 13 heteroatoms. The van der Waals surface area contributed by atoms with E-state index in [1.165, 1.54) is 193 Å². The van der Waals surface area contributed by atoms with E-state index in [0.29, 0.717) is 19.3 Å². The van der Waals surface area contributed by atoms with Crippen LogP contribution in [0.1, 0.15) is 271 Å². The summed E-state index contributed by atoms with van der Waals surface area (Å²) in [6.07, 6.45) is 36.1. The molecule has 9 atom stereocenters. The summed E-state index contributed by atoms with van der Waals surface area (Å²) in [4.78, 5) is 23.4. The van der Waals surface area contributed by atoms with Crippen molar-refractivity contribution in [3.63, 3.8) is 0 Å². The smallest absolute Gasteiger partial charge is 0.391 e. The lowest BCUT2D eigenvalue weighted by Gasteiger charge is -2.41. The number of aliphatic hydroxyl groups is 6. The molecule has 0 radical (unpaired) electrons. The summed E-state index contributed by atoms with van der Waals surface area (Å²) >= 11 is 0. The predicted octanol–water partition coefficient (Wildman–Crippen LogP) is 11.8. The van der Waals surface area contributed by atoms with Crippen LogP contribution in [-0.4, -0.2) is 96.8 Å².